The molecule has 0 saturated heterocycles. The molecule has 0 amide bonds. The van der Waals surface area contributed by atoms with Crippen LogP contribution < -0.4 is 0 Å². The Labute approximate surface area is 100 Å². The molecule has 0 aromatic rings. The molecule has 0 saturated carbocycles. The maximum atomic E-state index is 11.5. The number of carbonyl (C=O) groups is 1. The summed E-state index contributed by atoms with van der Waals surface area (Å²) in [5.74, 6) is -0.291. The third-order valence-electron chi connectivity index (χ3n) is 2.24. The van der Waals surface area contributed by atoms with Gasteiger partial charge in [0.15, 0.2) is 0 Å². The second-order valence-electron chi connectivity index (χ2n) is 2.94. The van der Waals surface area contributed by atoms with E-state index in [1.54, 1.807) is 18.5 Å². The molecule has 5 heteroatoms. The first-order valence-electron chi connectivity index (χ1n) is 3.99. The van der Waals surface area contributed by atoms with Gasteiger partial charge in [0.05, 0.1) is 7.11 Å². The summed E-state index contributed by atoms with van der Waals surface area (Å²) in [5, 5.41) is 0. The van der Waals surface area contributed by atoms with Crippen LogP contribution in [-0.2, 0) is 9.53 Å². The molecule has 0 aromatic carbocycles. The summed E-state index contributed by atoms with van der Waals surface area (Å²) < 4.78 is 4.74. The van der Waals surface area contributed by atoms with E-state index in [0.29, 0.717) is 0 Å². The van der Waals surface area contributed by atoms with Crippen molar-refractivity contribution < 1.29 is 9.53 Å². The van der Waals surface area contributed by atoms with Crippen LogP contribution in [0, 0.1) is 5.41 Å². The number of allylic oxidation sites excluding steroid dienone is 3. The van der Waals surface area contributed by atoms with Gasteiger partial charge < -0.3 is 4.74 Å². The second kappa shape index (κ2) is 5.14. The smallest absolute Gasteiger partial charge is 0.325 e. The maximum Gasteiger partial charge on any atom is 0.325 e. The minimum absolute atomic E-state index is 0. The van der Waals surface area contributed by atoms with Crippen LogP contribution in [0.2, 0.25) is 0 Å². The predicted molar refractivity (Wildman–Crippen MR) is 63.8 cm³/mol. The lowest BCUT2D eigenvalue weighted by Gasteiger charge is -2.22. The van der Waals surface area contributed by atoms with E-state index in [0.717, 1.165) is 5.57 Å². The van der Waals surface area contributed by atoms with Crippen molar-refractivity contribution in [2.45, 2.75) is 0 Å². The highest BCUT2D eigenvalue weighted by molar-refractivity contribution is 6.04. The average Bonchev–Trinajstić information content (AvgIpc) is 2.61. The zero-order valence-electron chi connectivity index (χ0n) is 8.04. The highest BCUT2D eigenvalue weighted by Crippen LogP contribution is 2.35. The molecule has 82 valence electrons. The Morgan fingerprint density at radius 3 is 2.80 bits per heavy atom. The van der Waals surface area contributed by atoms with E-state index in [4.69, 9.17) is 4.74 Å². The molecule has 1 aliphatic carbocycles. The van der Waals surface area contributed by atoms with E-state index in [2.05, 4.69) is 4.99 Å². The van der Waals surface area contributed by atoms with Crippen LogP contribution in [-0.4, -0.2) is 19.3 Å². The fraction of sp³-hybridized carbons (Fsp3) is 0.200. The molecule has 0 fully saturated rings. The van der Waals surface area contributed by atoms with Gasteiger partial charge in [-0.05, 0) is 5.57 Å². The largest absolute Gasteiger partial charge is 0.468 e. The standard InChI is InChI=1S/C10H9NO2.2ClH/c1-13-9(12)10-5-3-2-4-8(10)6-11-7-10;;/h2-7H,1H3;2*1H. The van der Waals surface area contributed by atoms with Gasteiger partial charge in [-0.2, -0.15) is 0 Å². The van der Waals surface area contributed by atoms with Crippen LogP contribution in [0.1, 0.15) is 0 Å². The molecule has 0 aromatic heterocycles. The molecule has 0 spiro atoms. The number of nitrogens with zero attached hydrogens (tertiary/aromatic N) is 1. The summed E-state index contributed by atoms with van der Waals surface area (Å²) in [7, 11) is 1.38. The van der Waals surface area contributed by atoms with Crippen LogP contribution in [0.5, 0.6) is 0 Å². The van der Waals surface area contributed by atoms with Crippen molar-refractivity contribution in [3.8, 4) is 0 Å². The van der Waals surface area contributed by atoms with Gasteiger partial charge in [0.2, 0.25) is 0 Å². The third kappa shape index (κ3) is 1.98. The number of fused-ring (bicyclic) bond motifs is 1. The SMILES string of the molecule is COC(=O)C12C=CC=CC1=CN=C2.Cl.Cl. The lowest BCUT2D eigenvalue weighted by atomic mass is 9.80. The molecule has 1 heterocycles. The molecular weight excluding hydrogens is 237 g/mol. The Bertz CT molecular complexity index is 372. The Kier molecular flexibility index (Phi) is 4.78. The van der Waals surface area contributed by atoms with Gasteiger partial charge in [-0.3, -0.25) is 9.79 Å². The number of halogens is 2. The third-order valence-corrected chi connectivity index (χ3v) is 2.24. The first-order valence-corrected chi connectivity index (χ1v) is 3.99. The van der Waals surface area contributed by atoms with Crippen molar-refractivity contribution in [3.63, 3.8) is 0 Å². The van der Waals surface area contributed by atoms with Crippen molar-refractivity contribution in [3.05, 3.63) is 36.1 Å². The number of ether oxygens (including phenoxy) is 1. The molecule has 1 aliphatic heterocycles. The van der Waals surface area contributed by atoms with Gasteiger partial charge in [0, 0.05) is 12.4 Å². The average molecular weight is 248 g/mol. The second-order valence-corrected chi connectivity index (χ2v) is 2.94. The quantitative estimate of drug-likeness (QED) is 0.666. The molecule has 2 rings (SSSR count). The summed E-state index contributed by atoms with van der Waals surface area (Å²) in [5.41, 5.74) is 0.102. The van der Waals surface area contributed by atoms with Crippen LogP contribution in [0.15, 0.2) is 41.1 Å². The zero-order valence-corrected chi connectivity index (χ0v) is 9.68. The molecule has 0 N–H and O–H groups in total. The number of aliphatic imine (C=N–C) groups is 1. The van der Waals surface area contributed by atoms with Crippen LogP contribution in [0.4, 0.5) is 0 Å². The van der Waals surface area contributed by atoms with Crippen molar-refractivity contribution in [1.82, 2.24) is 0 Å². The Morgan fingerprint density at radius 1 is 1.40 bits per heavy atom. The van der Waals surface area contributed by atoms with E-state index < -0.39 is 5.41 Å². The highest BCUT2D eigenvalue weighted by atomic mass is 35.5. The molecule has 0 radical (unpaired) electrons. The topological polar surface area (TPSA) is 38.7 Å². The van der Waals surface area contributed by atoms with E-state index >= 15 is 0 Å². The van der Waals surface area contributed by atoms with Gasteiger partial charge >= 0.3 is 5.97 Å². The number of hydrogen-bond acceptors (Lipinski definition) is 3. The normalized spacial score (nSPS) is 24.7. The van der Waals surface area contributed by atoms with E-state index in [9.17, 15) is 4.79 Å². The fourth-order valence-electron chi connectivity index (χ4n) is 1.51. The number of carbonyl (C=O) groups excluding carboxylic acids is 1. The van der Waals surface area contributed by atoms with Crippen LogP contribution in [0.25, 0.3) is 0 Å². The molecular formula is C10H11Cl2NO2. The number of rotatable bonds is 1. The highest BCUT2D eigenvalue weighted by Gasteiger charge is 2.41. The lowest BCUT2D eigenvalue weighted by molar-refractivity contribution is -0.144. The van der Waals surface area contributed by atoms with Crippen molar-refractivity contribution in [2.75, 3.05) is 7.11 Å². The minimum Gasteiger partial charge on any atom is -0.468 e. The minimum atomic E-state index is -0.760. The van der Waals surface area contributed by atoms with Crippen molar-refractivity contribution in [1.29, 1.82) is 0 Å². The summed E-state index contributed by atoms with van der Waals surface area (Å²) in [4.78, 5) is 15.5. The Morgan fingerprint density at radius 2 is 2.13 bits per heavy atom. The Hall–Kier alpha value is -1.06. The molecule has 2 aliphatic rings. The summed E-state index contributed by atoms with van der Waals surface area (Å²) in [6, 6.07) is 0. The van der Waals surface area contributed by atoms with Gasteiger partial charge in [-0.25, -0.2) is 0 Å². The van der Waals surface area contributed by atoms with E-state index in [-0.39, 0.29) is 30.8 Å². The van der Waals surface area contributed by atoms with Gasteiger partial charge in [0.25, 0.3) is 0 Å². The summed E-state index contributed by atoms with van der Waals surface area (Å²) >= 11 is 0. The number of esters is 1. The van der Waals surface area contributed by atoms with Crippen molar-refractivity contribution in [2.24, 2.45) is 10.4 Å². The summed E-state index contributed by atoms with van der Waals surface area (Å²) in [6.07, 6.45) is 10.6. The first-order chi connectivity index (χ1) is 6.29. The Balaban J connectivity index is 0.000000980. The monoisotopic (exact) mass is 247 g/mol. The molecule has 15 heavy (non-hydrogen) atoms. The summed E-state index contributed by atoms with van der Waals surface area (Å²) in [6.45, 7) is 0. The van der Waals surface area contributed by atoms with Crippen molar-refractivity contribution >= 4 is 37.0 Å². The van der Waals surface area contributed by atoms with Crippen LogP contribution >= 0.6 is 24.8 Å². The zero-order chi connectivity index (χ0) is 9.31. The van der Waals surface area contributed by atoms with E-state index in [1.807, 2.05) is 18.2 Å². The lowest BCUT2D eigenvalue weighted by Crippen LogP contribution is -2.32. The fourth-order valence-corrected chi connectivity index (χ4v) is 1.51. The van der Waals surface area contributed by atoms with Gasteiger partial charge in [-0.15, -0.1) is 24.8 Å². The first kappa shape index (κ1) is 13.9. The maximum absolute atomic E-state index is 11.5. The van der Waals surface area contributed by atoms with Gasteiger partial charge in [0.1, 0.15) is 5.41 Å². The number of methoxy groups -OCH3 is 1. The van der Waals surface area contributed by atoms with E-state index in [1.165, 1.54) is 7.11 Å². The molecule has 0 bridgehead atoms. The molecule has 1 atom stereocenters. The molecule has 3 nitrogen and oxygen atoms in total. The number of hydrogen-bond donors (Lipinski definition) is 0. The van der Waals surface area contributed by atoms with Gasteiger partial charge in [-0.1, -0.05) is 24.3 Å². The van der Waals surface area contributed by atoms with Crippen LogP contribution in [0.3, 0.4) is 0 Å². The predicted octanol–water partition coefficient (Wildman–Crippen LogP) is 2.08. The molecule has 1 unspecified atom stereocenters.